The SMILES string of the molecule is CCCn1c(=O)c2[nH]c(CC3(F)C=CC=CN3)nc2n(CCc2ccccc2)c1=O. The van der Waals surface area contributed by atoms with Gasteiger partial charge in [0.1, 0.15) is 11.3 Å². The first-order valence-corrected chi connectivity index (χ1v) is 10.1. The number of aryl methyl sites for hydroxylation is 2. The van der Waals surface area contributed by atoms with E-state index in [0.29, 0.717) is 31.8 Å². The molecule has 0 saturated carbocycles. The van der Waals surface area contributed by atoms with Gasteiger partial charge in [0, 0.05) is 13.1 Å². The molecule has 3 heterocycles. The number of H-pyrrole nitrogens is 1. The highest BCUT2D eigenvalue weighted by atomic mass is 19.1. The first-order chi connectivity index (χ1) is 14.5. The average Bonchev–Trinajstić information content (AvgIpc) is 3.15. The van der Waals surface area contributed by atoms with Gasteiger partial charge in [0.2, 0.25) is 5.79 Å². The number of alkyl halides is 1. The summed E-state index contributed by atoms with van der Waals surface area (Å²) in [6.07, 6.45) is 7.40. The Balaban J connectivity index is 1.77. The zero-order chi connectivity index (χ0) is 21.1. The van der Waals surface area contributed by atoms with Crippen LogP contribution in [-0.2, 0) is 25.9 Å². The predicted molar refractivity (Wildman–Crippen MR) is 114 cm³/mol. The standard InChI is InChI=1S/C22H24FN5O2/c1-2-13-28-20(29)18-19(26-17(25-18)15-22(23)11-6-7-12-24-22)27(21(28)30)14-10-16-8-4-3-5-9-16/h3-9,11-12,24H,2,10,13-15H2,1H3,(H,25,26). The van der Waals surface area contributed by atoms with Crippen LogP contribution >= 0.6 is 0 Å². The maximum atomic E-state index is 15.0. The zero-order valence-electron chi connectivity index (χ0n) is 16.8. The molecule has 2 aromatic heterocycles. The number of nitrogens with zero attached hydrogens (tertiary/aromatic N) is 3. The number of rotatable bonds is 7. The van der Waals surface area contributed by atoms with E-state index in [1.54, 1.807) is 12.2 Å². The van der Waals surface area contributed by atoms with E-state index in [1.807, 2.05) is 37.3 Å². The number of benzene rings is 1. The molecule has 156 valence electrons. The average molecular weight is 409 g/mol. The second-order valence-corrected chi connectivity index (χ2v) is 7.41. The number of hydrogen-bond acceptors (Lipinski definition) is 4. The van der Waals surface area contributed by atoms with Crippen molar-refractivity contribution < 1.29 is 4.39 Å². The number of aromatic nitrogens is 4. The Morgan fingerprint density at radius 3 is 2.60 bits per heavy atom. The van der Waals surface area contributed by atoms with Gasteiger partial charge in [-0.25, -0.2) is 14.2 Å². The van der Waals surface area contributed by atoms with Crippen molar-refractivity contribution in [2.45, 2.75) is 45.1 Å². The number of halogens is 1. The molecule has 0 aliphatic carbocycles. The molecule has 0 radical (unpaired) electrons. The van der Waals surface area contributed by atoms with Crippen molar-refractivity contribution in [3.63, 3.8) is 0 Å². The van der Waals surface area contributed by atoms with Crippen LogP contribution in [0.25, 0.3) is 11.2 Å². The number of allylic oxidation sites excluding steroid dienone is 2. The molecule has 1 unspecified atom stereocenters. The Hall–Kier alpha value is -3.42. The number of dihydropyridines is 1. The molecule has 1 aliphatic heterocycles. The summed E-state index contributed by atoms with van der Waals surface area (Å²) in [5.74, 6) is -1.50. The molecular formula is C22H24FN5O2. The van der Waals surface area contributed by atoms with Crippen LogP contribution in [0.3, 0.4) is 0 Å². The number of hydrogen-bond donors (Lipinski definition) is 2. The Kier molecular flexibility index (Phi) is 5.39. The maximum absolute atomic E-state index is 15.0. The van der Waals surface area contributed by atoms with Crippen molar-refractivity contribution >= 4 is 11.2 Å². The number of imidazole rings is 1. The Bertz CT molecular complexity index is 1220. The Morgan fingerprint density at radius 1 is 1.10 bits per heavy atom. The van der Waals surface area contributed by atoms with Crippen LogP contribution in [0.15, 0.2) is 64.3 Å². The summed E-state index contributed by atoms with van der Waals surface area (Å²) in [7, 11) is 0. The normalized spacial score (nSPS) is 18.1. The topological polar surface area (TPSA) is 84.7 Å². The molecule has 1 aliphatic rings. The van der Waals surface area contributed by atoms with Crippen LogP contribution in [-0.4, -0.2) is 24.9 Å². The Morgan fingerprint density at radius 2 is 1.90 bits per heavy atom. The van der Waals surface area contributed by atoms with E-state index in [-0.39, 0.29) is 17.6 Å². The summed E-state index contributed by atoms with van der Waals surface area (Å²) >= 11 is 0. The number of nitrogens with one attached hydrogen (secondary N) is 2. The smallest absolute Gasteiger partial charge is 0.332 e. The Labute approximate surface area is 172 Å². The molecule has 0 fully saturated rings. The minimum Gasteiger partial charge on any atom is -0.356 e. The minimum atomic E-state index is -1.81. The third-order valence-corrected chi connectivity index (χ3v) is 5.14. The van der Waals surface area contributed by atoms with Crippen LogP contribution < -0.4 is 16.6 Å². The van der Waals surface area contributed by atoms with Gasteiger partial charge in [0.25, 0.3) is 5.56 Å². The van der Waals surface area contributed by atoms with Gasteiger partial charge < -0.3 is 10.3 Å². The molecule has 1 atom stereocenters. The van der Waals surface area contributed by atoms with E-state index < -0.39 is 17.0 Å². The van der Waals surface area contributed by atoms with E-state index in [0.717, 1.165) is 5.56 Å². The summed E-state index contributed by atoms with van der Waals surface area (Å²) in [5, 5.41) is 2.66. The minimum absolute atomic E-state index is 0.0946. The fourth-order valence-corrected chi connectivity index (χ4v) is 3.66. The second-order valence-electron chi connectivity index (χ2n) is 7.41. The lowest BCUT2D eigenvalue weighted by Gasteiger charge is -2.22. The summed E-state index contributed by atoms with van der Waals surface area (Å²) < 4.78 is 17.7. The summed E-state index contributed by atoms with van der Waals surface area (Å²) in [4.78, 5) is 33.3. The van der Waals surface area contributed by atoms with E-state index in [1.165, 1.54) is 21.4 Å². The molecule has 30 heavy (non-hydrogen) atoms. The van der Waals surface area contributed by atoms with Gasteiger partial charge in [0.15, 0.2) is 5.65 Å². The van der Waals surface area contributed by atoms with Crippen LogP contribution in [0.5, 0.6) is 0 Å². The van der Waals surface area contributed by atoms with Crippen molar-refractivity contribution in [2.75, 3.05) is 0 Å². The second kappa shape index (κ2) is 8.14. The first kappa shape index (κ1) is 19.9. The third-order valence-electron chi connectivity index (χ3n) is 5.14. The fourth-order valence-electron chi connectivity index (χ4n) is 3.66. The van der Waals surface area contributed by atoms with E-state index in [9.17, 15) is 14.0 Å². The number of fused-ring (bicyclic) bond motifs is 1. The lowest BCUT2D eigenvalue weighted by atomic mass is 10.1. The van der Waals surface area contributed by atoms with Gasteiger partial charge in [-0.1, -0.05) is 43.3 Å². The molecule has 2 N–H and O–H groups in total. The van der Waals surface area contributed by atoms with Gasteiger partial charge in [0.05, 0.1) is 6.42 Å². The fraction of sp³-hybridized carbons (Fsp3) is 0.318. The van der Waals surface area contributed by atoms with E-state index >= 15 is 0 Å². The van der Waals surface area contributed by atoms with Crippen LogP contribution in [0.1, 0.15) is 24.7 Å². The monoisotopic (exact) mass is 409 g/mol. The third kappa shape index (κ3) is 3.85. The van der Waals surface area contributed by atoms with Crippen molar-refractivity contribution in [1.29, 1.82) is 0 Å². The van der Waals surface area contributed by atoms with Crippen molar-refractivity contribution in [3.8, 4) is 0 Å². The van der Waals surface area contributed by atoms with E-state index in [2.05, 4.69) is 15.3 Å². The van der Waals surface area contributed by atoms with E-state index in [4.69, 9.17) is 0 Å². The molecule has 4 rings (SSSR count). The molecule has 7 nitrogen and oxygen atoms in total. The lowest BCUT2D eigenvalue weighted by molar-refractivity contribution is 0.193. The summed E-state index contributed by atoms with van der Waals surface area (Å²) in [6, 6.07) is 9.80. The molecule has 0 amide bonds. The molecule has 3 aromatic rings. The lowest BCUT2D eigenvalue weighted by Crippen LogP contribution is -2.40. The van der Waals surface area contributed by atoms with Gasteiger partial charge in [-0.05, 0) is 36.8 Å². The van der Waals surface area contributed by atoms with Gasteiger partial charge in [-0.15, -0.1) is 0 Å². The largest absolute Gasteiger partial charge is 0.356 e. The van der Waals surface area contributed by atoms with Crippen LogP contribution in [0.2, 0.25) is 0 Å². The maximum Gasteiger partial charge on any atom is 0.332 e. The molecule has 8 heteroatoms. The van der Waals surface area contributed by atoms with Gasteiger partial charge >= 0.3 is 5.69 Å². The van der Waals surface area contributed by atoms with Crippen LogP contribution in [0, 0.1) is 0 Å². The highest BCUT2D eigenvalue weighted by Crippen LogP contribution is 2.19. The molecule has 0 bridgehead atoms. The quantitative estimate of drug-likeness (QED) is 0.587. The summed E-state index contributed by atoms with van der Waals surface area (Å²) in [5.41, 5.74) is 0.753. The number of aromatic amines is 1. The highest BCUT2D eigenvalue weighted by molar-refractivity contribution is 5.70. The van der Waals surface area contributed by atoms with Gasteiger partial charge in [-0.3, -0.25) is 13.9 Å². The molecule has 1 aromatic carbocycles. The van der Waals surface area contributed by atoms with Crippen LogP contribution in [0.4, 0.5) is 4.39 Å². The predicted octanol–water partition coefficient (Wildman–Crippen LogP) is 2.42. The molecule has 0 saturated heterocycles. The summed E-state index contributed by atoms with van der Waals surface area (Å²) in [6.45, 7) is 2.59. The van der Waals surface area contributed by atoms with Crippen molar-refractivity contribution in [3.05, 3.63) is 87.0 Å². The van der Waals surface area contributed by atoms with Crippen molar-refractivity contribution in [1.82, 2.24) is 24.4 Å². The highest BCUT2D eigenvalue weighted by Gasteiger charge is 2.29. The molecule has 0 spiro atoms. The zero-order valence-corrected chi connectivity index (χ0v) is 16.8. The molecular weight excluding hydrogens is 385 g/mol. The van der Waals surface area contributed by atoms with Crippen molar-refractivity contribution in [2.24, 2.45) is 0 Å². The first-order valence-electron chi connectivity index (χ1n) is 10.1. The van der Waals surface area contributed by atoms with Gasteiger partial charge in [-0.2, -0.15) is 0 Å².